The van der Waals surface area contributed by atoms with E-state index < -0.39 is 35.1 Å². The van der Waals surface area contributed by atoms with Gasteiger partial charge in [-0.05, 0) is 23.7 Å². The van der Waals surface area contributed by atoms with Crippen molar-refractivity contribution in [1.82, 2.24) is 0 Å². The molecule has 140 valence electrons. The number of benzene rings is 2. The lowest BCUT2D eigenvalue weighted by atomic mass is 9.80. The van der Waals surface area contributed by atoms with Crippen molar-refractivity contribution in [3.63, 3.8) is 0 Å². The van der Waals surface area contributed by atoms with Crippen molar-refractivity contribution in [2.75, 3.05) is 0 Å². The van der Waals surface area contributed by atoms with Crippen molar-refractivity contribution >= 4 is 34.8 Å². The van der Waals surface area contributed by atoms with Crippen LogP contribution in [0.3, 0.4) is 0 Å². The molecule has 2 aromatic carbocycles. The van der Waals surface area contributed by atoms with E-state index in [1.165, 1.54) is 24.3 Å². The molecule has 2 aromatic rings. The molecule has 11 heteroatoms. The van der Waals surface area contributed by atoms with Gasteiger partial charge in [0.05, 0.1) is 11.1 Å². The molecule has 2 rings (SSSR count). The van der Waals surface area contributed by atoms with Gasteiger partial charge in [0.15, 0.2) is 0 Å². The highest BCUT2D eigenvalue weighted by atomic mass is 79.9. The van der Waals surface area contributed by atoms with Crippen LogP contribution < -0.4 is 5.46 Å². The highest BCUT2D eigenvalue weighted by Gasteiger charge is 2.37. The van der Waals surface area contributed by atoms with Crippen LogP contribution in [0.5, 0.6) is 0 Å². The lowest BCUT2D eigenvalue weighted by Gasteiger charge is -2.12. The van der Waals surface area contributed by atoms with Crippen LogP contribution in [0.1, 0.15) is 21.5 Å². The first-order chi connectivity index (χ1) is 11.9. The van der Waals surface area contributed by atoms with Crippen LogP contribution >= 0.6 is 15.9 Å². The fourth-order valence-electron chi connectivity index (χ4n) is 1.67. The summed E-state index contributed by atoms with van der Waals surface area (Å²) in [5.41, 5.74) is -1.75. The van der Waals surface area contributed by atoms with E-state index in [1.807, 2.05) is 0 Å². The topological polar surface area (TPSA) is 57.5 Å². The molecular weight excluding hydrogens is 433 g/mol. The van der Waals surface area contributed by atoms with Crippen molar-refractivity contribution in [1.29, 1.82) is 0 Å². The molecule has 2 N–H and O–H groups in total. The third-order valence-electron chi connectivity index (χ3n) is 2.97. The fourth-order valence-corrected chi connectivity index (χ4v) is 2.14. The minimum Gasteiger partial charge on any atom is -0.423 e. The number of alkyl halides is 6. The Bertz CT molecular complexity index is 745. The lowest BCUT2D eigenvalue weighted by Crippen LogP contribution is -2.29. The van der Waals surface area contributed by atoms with Crippen LogP contribution in [0.25, 0.3) is 0 Å². The molecule has 0 heterocycles. The zero-order valence-corrected chi connectivity index (χ0v) is 14.2. The van der Waals surface area contributed by atoms with Crippen molar-refractivity contribution in [2.45, 2.75) is 12.4 Å². The van der Waals surface area contributed by atoms with Crippen molar-refractivity contribution < 1.29 is 41.2 Å². The second-order valence-electron chi connectivity index (χ2n) is 4.85. The summed E-state index contributed by atoms with van der Waals surface area (Å²) in [4.78, 5) is 10.2. The van der Waals surface area contributed by atoms with E-state index in [-0.39, 0.29) is 6.07 Å². The number of carbonyl (C=O) groups is 1. The Morgan fingerprint density at radius 2 is 1.42 bits per heavy atom. The van der Waals surface area contributed by atoms with Gasteiger partial charge >= 0.3 is 19.5 Å². The highest BCUT2D eigenvalue weighted by Crippen LogP contribution is 2.38. The van der Waals surface area contributed by atoms with E-state index in [1.54, 1.807) is 0 Å². The molecular formula is C15H10BBrF6O3. The van der Waals surface area contributed by atoms with Gasteiger partial charge in [-0.2, -0.15) is 26.3 Å². The van der Waals surface area contributed by atoms with Gasteiger partial charge in [0, 0.05) is 10.0 Å². The van der Waals surface area contributed by atoms with Gasteiger partial charge in [0.25, 0.3) is 0 Å². The summed E-state index contributed by atoms with van der Waals surface area (Å²) in [6.07, 6.45) is -8.88. The second-order valence-corrected chi connectivity index (χ2v) is 5.70. The minimum absolute atomic E-state index is 0.0735. The predicted molar refractivity (Wildman–Crippen MR) is 85.8 cm³/mol. The number of carbonyl (C=O) groups excluding carboxylic acids is 1. The summed E-state index contributed by atoms with van der Waals surface area (Å²) in [6.45, 7) is 0. The summed E-state index contributed by atoms with van der Waals surface area (Å²) >= 11 is 2.55. The normalized spacial score (nSPS) is 11.4. The van der Waals surface area contributed by atoms with E-state index in [4.69, 9.17) is 10.0 Å². The molecule has 26 heavy (non-hydrogen) atoms. The predicted octanol–water partition coefficient (Wildman–Crippen LogP) is 3.67. The quantitative estimate of drug-likeness (QED) is 0.424. The average molecular weight is 443 g/mol. The van der Waals surface area contributed by atoms with Crippen LogP contribution in [-0.4, -0.2) is 23.5 Å². The molecule has 0 saturated carbocycles. The summed E-state index contributed by atoms with van der Waals surface area (Å²) in [5.74, 6) is 0. The molecule has 0 radical (unpaired) electrons. The number of rotatable bonds is 2. The average Bonchev–Trinajstić information content (AvgIpc) is 2.53. The summed E-state index contributed by atoms with van der Waals surface area (Å²) < 4.78 is 72.6. The summed E-state index contributed by atoms with van der Waals surface area (Å²) in [6, 6.07) is 7.43. The molecule has 0 fully saturated rings. The molecule has 0 aliphatic heterocycles. The van der Waals surface area contributed by atoms with Crippen LogP contribution in [0.15, 0.2) is 46.9 Å². The van der Waals surface area contributed by atoms with Crippen LogP contribution in [0.2, 0.25) is 0 Å². The van der Waals surface area contributed by atoms with E-state index in [9.17, 15) is 31.1 Å². The first-order valence-electron chi connectivity index (χ1n) is 6.71. The van der Waals surface area contributed by atoms with Crippen molar-refractivity contribution in [2.24, 2.45) is 0 Å². The van der Waals surface area contributed by atoms with Crippen molar-refractivity contribution in [3.8, 4) is 0 Å². The number of halogens is 7. The van der Waals surface area contributed by atoms with Gasteiger partial charge in [-0.25, -0.2) is 0 Å². The zero-order chi connectivity index (χ0) is 20.1. The number of hydrogen-bond donors (Lipinski definition) is 2. The molecule has 0 aliphatic rings. The van der Waals surface area contributed by atoms with E-state index in [0.717, 1.165) is 6.07 Å². The van der Waals surface area contributed by atoms with Gasteiger partial charge < -0.3 is 10.0 Å². The fraction of sp³-hybridized carbons (Fsp3) is 0.133. The molecule has 0 aliphatic carbocycles. The second kappa shape index (κ2) is 8.69. The maximum Gasteiger partial charge on any atom is 0.488 e. The molecule has 0 amide bonds. The monoisotopic (exact) mass is 442 g/mol. The Morgan fingerprint density at radius 1 is 0.885 bits per heavy atom. The number of aldehydes is 1. The van der Waals surface area contributed by atoms with E-state index >= 15 is 0 Å². The van der Waals surface area contributed by atoms with E-state index in [2.05, 4.69) is 15.9 Å². The Morgan fingerprint density at radius 3 is 1.81 bits per heavy atom. The Balaban J connectivity index is 0.000000273. The highest BCUT2D eigenvalue weighted by molar-refractivity contribution is 9.10. The Kier molecular flexibility index (Phi) is 7.42. The maximum absolute atomic E-state index is 12.2. The van der Waals surface area contributed by atoms with E-state index in [0.29, 0.717) is 23.4 Å². The molecule has 0 unspecified atom stereocenters. The summed E-state index contributed by atoms with van der Waals surface area (Å²) in [7, 11) is -1.46. The third kappa shape index (κ3) is 6.47. The Hall–Kier alpha value is -1.85. The molecule has 0 aromatic heterocycles. The SMILES string of the molecule is FC(F)(F)c1ccc(Br)c(C(F)(F)F)c1.O=Cc1ccc(B(O)O)cc1. The Labute approximate surface area is 152 Å². The molecule has 3 nitrogen and oxygen atoms in total. The molecule has 0 bridgehead atoms. The lowest BCUT2D eigenvalue weighted by molar-refractivity contribution is -0.143. The standard InChI is InChI=1S/C8H3BrF6.C7H7BO3/c9-6-2-1-4(7(10,11)12)3-5(6)8(13,14)15;9-5-6-1-3-7(4-2-6)8(10)11/h1-3H;1-5,10-11H. The van der Waals surface area contributed by atoms with Crippen molar-refractivity contribution in [3.05, 3.63) is 63.6 Å². The van der Waals surface area contributed by atoms with Gasteiger partial charge in [-0.15, -0.1) is 0 Å². The molecule has 0 saturated heterocycles. The van der Waals surface area contributed by atoms with Gasteiger partial charge in [0.1, 0.15) is 6.29 Å². The zero-order valence-electron chi connectivity index (χ0n) is 12.6. The van der Waals surface area contributed by atoms with Gasteiger partial charge in [-0.3, -0.25) is 4.79 Å². The summed E-state index contributed by atoms with van der Waals surface area (Å²) in [5, 5.41) is 17.3. The minimum atomic E-state index is -4.81. The first kappa shape index (κ1) is 22.2. The maximum atomic E-state index is 12.2. The van der Waals surface area contributed by atoms with Crippen LogP contribution in [-0.2, 0) is 12.4 Å². The third-order valence-corrected chi connectivity index (χ3v) is 3.66. The smallest absolute Gasteiger partial charge is 0.423 e. The van der Waals surface area contributed by atoms with Crippen LogP contribution in [0, 0.1) is 0 Å². The number of hydrogen-bond acceptors (Lipinski definition) is 3. The first-order valence-corrected chi connectivity index (χ1v) is 7.50. The molecule has 0 atom stereocenters. The van der Waals surface area contributed by atoms with Gasteiger partial charge in [0.2, 0.25) is 0 Å². The van der Waals surface area contributed by atoms with Crippen LogP contribution in [0.4, 0.5) is 26.3 Å². The largest absolute Gasteiger partial charge is 0.488 e. The molecule has 0 spiro atoms. The van der Waals surface area contributed by atoms with Gasteiger partial charge in [-0.1, -0.05) is 40.2 Å².